The molecule has 0 aliphatic carbocycles. The molecule has 2 heterocycles. The first-order valence-electron chi connectivity index (χ1n) is 10.1. The SMILES string of the molecule is CCN1CCN(C[C@H](O)COc2cccc(CNCc3csc(C)n3)c2)CC1. The first-order valence-corrected chi connectivity index (χ1v) is 11.0. The molecule has 0 bridgehead atoms. The number of rotatable bonds is 10. The van der Waals surface area contributed by atoms with E-state index < -0.39 is 6.10 Å². The van der Waals surface area contributed by atoms with Gasteiger partial charge in [-0.3, -0.25) is 4.90 Å². The van der Waals surface area contributed by atoms with Crippen LogP contribution in [0.4, 0.5) is 0 Å². The minimum absolute atomic E-state index is 0.322. The normalized spacial score (nSPS) is 17.0. The van der Waals surface area contributed by atoms with Crippen molar-refractivity contribution in [2.45, 2.75) is 33.0 Å². The lowest BCUT2D eigenvalue weighted by molar-refractivity contribution is 0.0471. The number of likely N-dealkylation sites (N-methyl/N-ethyl adjacent to an activating group) is 1. The maximum Gasteiger partial charge on any atom is 0.119 e. The van der Waals surface area contributed by atoms with Gasteiger partial charge in [0, 0.05) is 51.2 Å². The van der Waals surface area contributed by atoms with E-state index in [1.54, 1.807) is 11.3 Å². The van der Waals surface area contributed by atoms with Gasteiger partial charge in [-0.15, -0.1) is 11.3 Å². The molecule has 0 saturated carbocycles. The number of aliphatic hydroxyl groups excluding tert-OH is 1. The van der Waals surface area contributed by atoms with Gasteiger partial charge in [-0.2, -0.15) is 0 Å². The summed E-state index contributed by atoms with van der Waals surface area (Å²) in [5, 5.41) is 16.9. The zero-order chi connectivity index (χ0) is 19.8. The van der Waals surface area contributed by atoms with Crippen LogP contribution in [0.15, 0.2) is 29.6 Å². The van der Waals surface area contributed by atoms with E-state index in [0.717, 1.165) is 67.8 Å². The number of nitrogens with zero attached hydrogens (tertiary/aromatic N) is 3. The van der Waals surface area contributed by atoms with Crippen LogP contribution in [0.1, 0.15) is 23.2 Å². The van der Waals surface area contributed by atoms with E-state index in [1.165, 1.54) is 0 Å². The van der Waals surface area contributed by atoms with E-state index >= 15 is 0 Å². The molecule has 1 aromatic heterocycles. The summed E-state index contributed by atoms with van der Waals surface area (Å²) in [6, 6.07) is 8.05. The molecule has 1 saturated heterocycles. The number of aryl methyl sites for hydroxylation is 1. The first kappa shape index (κ1) is 21.2. The second-order valence-corrected chi connectivity index (χ2v) is 8.37. The summed E-state index contributed by atoms with van der Waals surface area (Å²) in [6.45, 7) is 12.0. The Labute approximate surface area is 172 Å². The summed E-state index contributed by atoms with van der Waals surface area (Å²) in [5.41, 5.74) is 2.24. The Morgan fingerprint density at radius 2 is 2.00 bits per heavy atom. The Morgan fingerprint density at radius 3 is 2.71 bits per heavy atom. The van der Waals surface area contributed by atoms with Gasteiger partial charge in [0.2, 0.25) is 0 Å². The molecule has 0 amide bonds. The Kier molecular flexibility index (Phi) is 8.24. The molecule has 1 atom stereocenters. The van der Waals surface area contributed by atoms with Crippen LogP contribution >= 0.6 is 11.3 Å². The molecule has 6 nitrogen and oxygen atoms in total. The minimum atomic E-state index is -0.470. The fraction of sp³-hybridized carbons (Fsp3) is 0.571. The van der Waals surface area contributed by atoms with Crippen LogP contribution in [0.3, 0.4) is 0 Å². The highest BCUT2D eigenvalue weighted by Gasteiger charge is 2.18. The predicted octanol–water partition coefficient (Wildman–Crippen LogP) is 2.12. The van der Waals surface area contributed by atoms with Crippen molar-refractivity contribution in [1.29, 1.82) is 0 Å². The van der Waals surface area contributed by atoms with E-state index in [-0.39, 0.29) is 0 Å². The first-order chi connectivity index (χ1) is 13.6. The molecule has 1 aliphatic heterocycles. The fourth-order valence-corrected chi connectivity index (χ4v) is 4.01. The summed E-state index contributed by atoms with van der Waals surface area (Å²) in [4.78, 5) is 9.22. The summed E-state index contributed by atoms with van der Waals surface area (Å²) in [6.07, 6.45) is -0.470. The van der Waals surface area contributed by atoms with Gasteiger partial charge in [-0.1, -0.05) is 19.1 Å². The van der Waals surface area contributed by atoms with E-state index in [9.17, 15) is 5.11 Å². The molecule has 2 N–H and O–H groups in total. The highest BCUT2D eigenvalue weighted by Crippen LogP contribution is 2.14. The lowest BCUT2D eigenvalue weighted by Gasteiger charge is -2.34. The van der Waals surface area contributed by atoms with Gasteiger partial charge in [0.05, 0.1) is 10.7 Å². The summed E-state index contributed by atoms with van der Waals surface area (Å²) >= 11 is 1.68. The number of ether oxygens (including phenoxy) is 1. The van der Waals surface area contributed by atoms with Gasteiger partial charge in [-0.05, 0) is 31.2 Å². The summed E-state index contributed by atoms with van der Waals surface area (Å²) in [5.74, 6) is 0.804. The second kappa shape index (κ2) is 10.9. The van der Waals surface area contributed by atoms with Crippen LogP contribution in [-0.4, -0.2) is 71.9 Å². The topological polar surface area (TPSA) is 60.9 Å². The number of aromatic nitrogens is 1. The number of β-amino-alcohol motifs (C(OH)–C–C–N with tert-alkyl or cyclic N) is 1. The highest BCUT2D eigenvalue weighted by atomic mass is 32.1. The third-order valence-electron chi connectivity index (χ3n) is 5.02. The number of nitrogens with one attached hydrogen (secondary N) is 1. The fourth-order valence-electron chi connectivity index (χ4n) is 3.40. The lowest BCUT2D eigenvalue weighted by atomic mass is 10.2. The van der Waals surface area contributed by atoms with Crippen LogP contribution in [0, 0.1) is 6.92 Å². The number of hydrogen-bond donors (Lipinski definition) is 2. The maximum atomic E-state index is 10.3. The Morgan fingerprint density at radius 1 is 1.21 bits per heavy atom. The van der Waals surface area contributed by atoms with Crippen molar-refractivity contribution in [3.63, 3.8) is 0 Å². The molecule has 1 fully saturated rings. The maximum absolute atomic E-state index is 10.3. The second-order valence-electron chi connectivity index (χ2n) is 7.31. The highest BCUT2D eigenvalue weighted by molar-refractivity contribution is 7.09. The van der Waals surface area contributed by atoms with Crippen molar-refractivity contribution in [2.75, 3.05) is 45.9 Å². The van der Waals surface area contributed by atoms with E-state index in [4.69, 9.17) is 4.74 Å². The molecular weight excluding hydrogens is 372 g/mol. The molecule has 0 spiro atoms. The largest absolute Gasteiger partial charge is 0.491 e. The molecule has 7 heteroatoms. The van der Waals surface area contributed by atoms with Crippen molar-refractivity contribution >= 4 is 11.3 Å². The van der Waals surface area contributed by atoms with Crippen molar-refractivity contribution in [3.8, 4) is 5.75 Å². The molecule has 0 unspecified atom stereocenters. The molecule has 1 aliphatic rings. The average molecular weight is 405 g/mol. The molecule has 3 rings (SSSR count). The van der Waals surface area contributed by atoms with Crippen molar-refractivity contribution < 1.29 is 9.84 Å². The van der Waals surface area contributed by atoms with E-state index in [1.807, 2.05) is 25.1 Å². The van der Waals surface area contributed by atoms with Crippen LogP contribution in [0.25, 0.3) is 0 Å². The van der Waals surface area contributed by atoms with Gasteiger partial charge in [0.25, 0.3) is 0 Å². The summed E-state index contributed by atoms with van der Waals surface area (Å²) in [7, 11) is 0. The smallest absolute Gasteiger partial charge is 0.119 e. The third kappa shape index (κ3) is 6.83. The zero-order valence-corrected chi connectivity index (χ0v) is 17.7. The Balaban J connectivity index is 1.37. The molecule has 28 heavy (non-hydrogen) atoms. The van der Waals surface area contributed by atoms with Crippen LogP contribution in [0.5, 0.6) is 5.75 Å². The zero-order valence-electron chi connectivity index (χ0n) is 16.9. The molecule has 2 aromatic rings. The van der Waals surface area contributed by atoms with Crippen molar-refractivity contribution in [3.05, 3.63) is 45.9 Å². The molecular formula is C21H32N4O2S. The van der Waals surface area contributed by atoms with E-state index in [0.29, 0.717) is 13.2 Å². The van der Waals surface area contributed by atoms with Gasteiger partial charge in [0.15, 0.2) is 0 Å². The minimum Gasteiger partial charge on any atom is -0.491 e. The quantitative estimate of drug-likeness (QED) is 0.633. The molecule has 0 radical (unpaired) electrons. The van der Waals surface area contributed by atoms with Gasteiger partial charge < -0.3 is 20.1 Å². The Hall–Kier alpha value is -1.51. The monoisotopic (exact) mass is 404 g/mol. The van der Waals surface area contributed by atoms with E-state index in [2.05, 4.69) is 38.5 Å². The average Bonchev–Trinajstić information content (AvgIpc) is 3.12. The van der Waals surface area contributed by atoms with Crippen LogP contribution in [0.2, 0.25) is 0 Å². The number of aliphatic hydroxyl groups is 1. The molecule has 1 aromatic carbocycles. The number of thiazole rings is 1. The number of hydrogen-bond acceptors (Lipinski definition) is 7. The van der Waals surface area contributed by atoms with Crippen LogP contribution in [-0.2, 0) is 13.1 Å². The van der Waals surface area contributed by atoms with Gasteiger partial charge in [-0.25, -0.2) is 4.98 Å². The van der Waals surface area contributed by atoms with Crippen molar-refractivity contribution in [2.24, 2.45) is 0 Å². The van der Waals surface area contributed by atoms with Gasteiger partial charge in [0.1, 0.15) is 18.5 Å². The predicted molar refractivity (Wildman–Crippen MR) is 114 cm³/mol. The number of benzene rings is 1. The van der Waals surface area contributed by atoms with Gasteiger partial charge >= 0.3 is 0 Å². The van der Waals surface area contributed by atoms with Crippen LogP contribution < -0.4 is 10.1 Å². The van der Waals surface area contributed by atoms with Crippen molar-refractivity contribution in [1.82, 2.24) is 20.1 Å². The number of piperazine rings is 1. The molecule has 154 valence electrons. The summed E-state index contributed by atoms with van der Waals surface area (Å²) < 4.78 is 5.83. The lowest BCUT2D eigenvalue weighted by Crippen LogP contribution is -2.49. The Bertz CT molecular complexity index is 716. The standard InChI is InChI=1S/C21H32N4O2S/c1-3-24-7-9-25(10-8-24)14-20(26)15-27-21-6-4-5-18(11-21)12-22-13-19-16-28-17(2)23-19/h4-6,11,16,20,22,26H,3,7-10,12-15H2,1-2H3/t20-/m0/s1. The third-order valence-corrected chi connectivity index (χ3v) is 5.85.